The van der Waals surface area contributed by atoms with Crippen LogP contribution in [0.1, 0.15) is 20.8 Å². The first kappa shape index (κ1) is 12.8. The maximum atomic E-state index is 5.87. The monoisotopic (exact) mass is 272 g/mol. The Bertz CT molecular complexity index is 197. The molecule has 1 aliphatic rings. The fraction of sp³-hybridized carbons (Fsp3) is 1.00. The summed E-state index contributed by atoms with van der Waals surface area (Å²) in [6.45, 7) is 6.92. The Morgan fingerprint density at radius 3 is 1.85 bits per heavy atom. The van der Waals surface area contributed by atoms with Gasteiger partial charge in [0.05, 0.1) is 4.44 Å². The minimum atomic E-state index is -1.22. The molecule has 1 heterocycles. The van der Waals surface area contributed by atoms with Gasteiger partial charge in [-0.1, -0.05) is 32.6 Å². The van der Waals surface area contributed by atoms with Crippen LogP contribution in [0.3, 0.4) is 0 Å². The molecule has 78 valence electrons. The van der Waals surface area contributed by atoms with Crippen LogP contribution < -0.4 is 0 Å². The molecule has 1 fully saturated rings. The van der Waals surface area contributed by atoms with Crippen molar-refractivity contribution in [2.45, 2.75) is 25.9 Å². The summed E-state index contributed by atoms with van der Waals surface area (Å²) >= 11 is 12.1. The van der Waals surface area contributed by atoms with Crippen molar-refractivity contribution in [3.05, 3.63) is 0 Å². The van der Waals surface area contributed by atoms with Gasteiger partial charge in [-0.2, -0.15) is 11.8 Å². The molecule has 0 nitrogen and oxygen atoms in total. The van der Waals surface area contributed by atoms with Crippen molar-refractivity contribution in [1.29, 1.82) is 0 Å². The van der Waals surface area contributed by atoms with Gasteiger partial charge in [0.15, 0.2) is 0 Å². The van der Waals surface area contributed by atoms with E-state index in [0.29, 0.717) is 5.16 Å². The lowest BCUT2D eigenvalue weighted by atomic mass is 10.3. The predicted molar refractivity (Wildman–Crippen MR) is 76.3 cm³/mol. The molecule has 0 aromatic heterocycles. The molecule has 0 bridgehead atoms. The first-order valence-electron chi connectivity index (χ1n) is 4.43. The summed E-state index contributed by atoms with van der Waals surface area (Å²) in [5.41, 5.74) is 0. The number of hydrogen-bond donors (Lipinski definition) is 0. The van der Waals surface area contributed by atoms with Crippen molar-refractivity contribution in [3.8, 4) is 0 Å². The van der Waals surface area contributed by atoms with Crippen LogP contribution in [0.5, 0.6) is 0 Å². The van der Waals surface area contributed by atoms with Crippen molar-refractivity contribution < 1.29 is 0 Å². The fourth-order valence-electron chi connectivity index (χ4n) is 0.959. The standard InChI is InChI=1S/C8H17PS4/c1-8(2,3)9(10)12-6-4-11-5-7-13-9/h4-7H2,1-3H3. The molecular formula is C8H17PS4. The van der Waals surface area contributed by atoms with Crippen LogP contribution in [-0.4, -0.2) is 28.2 Å². The Kier molecular flexibility index (Phi) is 5.06. The van der Waals surface area contributed by atoms with Gasteiger partial charge in [0, 0.05) is 28.2 Å². The van der Waals surface area contributed by atoms with E-state index >= 15 is 0 Å². The van der Waals surface area contributed by atoms with E-state index < -0.39 is 4.44 Å². The molecule has 1 rings (SSSR count). The van der Waals surface area contributed by atoms with E-state index in [-0.39, 0.29) is 0 Å². The topological polar surface area (TPSA) is 0 Å². The van der Waals surface area contributed by atoms with E-state index in [2.05, 4.69) is 55.3 Å². The van der Waals surface area contributed by atoms with Gasteiger partial charge in [0.25, 0.3) is 0 Å². The molecule has 0 aromatic rings. The summed E-state index contributed by atoms with van der Waals surface area (Å²) in [6.07, 6.45) is 0. The molecule has 1 aliphatic heterocycles. The SMILES string of the molecule is CC(C)(C)P1(=S)SCCSCCS1. The first-order valence-corrected chi connectivity index (χ1v) is 11.6. The van der Waals surface area contributed by atoms with Gasteiger partial charge in [0.1, 0.15) is 0 Å². The van der Waals surface area contributed by atoms with E-state index in [1.807, 2.05) is 0 Å². The molecule has 0 aliphatic carbocycles. The van der Waals surface area contributed by atoms with Crippen LogP contribution in [-0.2, 0) is 11.8 Å². The lowest BCUT2D eigenvalue weighted by Gasteiger charge is -2.34. The Labute approximate surface area is 99.3 Å². The molecule has 0 spiro atoms. The molecule has 0 amide bonds. The van der Waals surface area contributed by atoms with Crippen molar-refractivity contribution in [3.63, 3.8) is 0 Å². The number of hydrogen-bond acceptors (Lipinski definition) is 4. The zero-order chi connectivity index (χ0) is 9.95. The van der Waals surface area contributed by atoms with Gasteiger partial charge in [-0.3, -0.25) is 0 Å². The van der Waals surface area contributed by atoms with Gasteiger partial charge in [0.2, 0.25) is 0 Å². The highest BCUT2D eigenvalue weighted by molar-refractivity contribution is 9.00. The Morgan fingerprint density at radius 2 is 1.46 bits per heavy atom. The molecule has 0 radical (unpaired) electrons. The van der Waals surface area contributed by atoms with E-state index in [1.54, 1.807) is 0 Å². The number of rotatable bonds is 0. The van der Waals surface area contributed by atoms with Gasteiger partial charge in [-0.15, -0.1) is 22.8 Å². The second kappa shape index (κ2) is 5.16. The highest BCUT2D eigenvalue weighted by atomic mass is 33.2. The molecule has 5 heteroatoms. The number of thioether (sulfide) groups is 1. The highest BCUT2D eigenvalue weighted by Gasteiger charge is 2.33. The van der Waals surface area contributed by atoms with Crippen LogP contribution in [0.15, 0.2) is 0 Å². The molecular weight excluding hydrogens is 255 g/mol. The zero-order valence-corrected chi connectivity index (χ0v) is 12.6. The van der Waals surface area contributed by atoms with Crippen LogP contribution in [0, 0.1) is 0 Å². The minimum Gasteiger partial charge on any atom is -0.160 e. The van der Waals surface area contributed by atoms with Crippen molar-refractivity contribution in [2.24, 2.45) is 0 Å². The first-order chi connectivity index (χ1) is 5.96. The molecule has 0 unspecified atom stereocenters. The van der Waals surface area contributed by atoms with E-state index in [4.69, 9.17) is 11.8 Å². The largest absolute Gasteiger partial charge is 0.160 e. The van der Waals surface area contributed by atoms with Gasteiger partial charge >= 0.3 is 0 Å². The Morgan fingerprint density at radius 1 is 1.00 bits per heavy atom. The minimum absolute atomic E-state index is 0.333. The van der Waals surface area contributed by atoms with E-state index in [0.717, 1.165) is 0 Å². The smallest absolute Gasteiger partial charge is 0.0623 e. The highest BCUT2D eigenvalue weighted by Crippen LogP contribution is 2.77. The summed E-state index contributed by atoms with van der Waals surface area (Å²) in [4.78, 5) is 0. The second-order valence-corrected chi connectivity index (χ2v) is 17.4. The predicted octanol–water partition coefficient (Wildman–Crippen LogP) is 4.31. The average molecular weight is 272 g/mol. The maximum Gasteiger partial charge on any atom is 0.0623 e. The lowest BCUT2D eigenvalue weighted by Crippen LogP contribution is -2.12. The molecule has 0 atom stereocenters. The summed E-state index contributed by atoms with van der Waals surface area (Å²) < 4.78 is -1.22. The van der Waals surface area contributed by atoms with Crippen molar-refractivity contribution in [2.75, 3.05) is 23.0 Å². The van der Waals surface area contributed by atoms with Gasteiger partial charge in [-0.05, 0) is 0 Å². The van der Waals surface area contributed by atoms with Crippen LogP contribution in [0.25, 0.3) is 0 Å². The quantitative estimate of drug-likeness (QED) is 0.602. The van der Waals surface area contributed by atoms with Crippen LogP contribution in [0.4, 0.5) is 0 Å². The summed E-state index contributed by atoms with van der Waals surface area (Å²) in [5, 5.41) is 0.333. The molecule has 13 heavy (non-hydrogen) atoms. The van der Waals surface area contributed by atoms with Crippen molar-refractivity contribution in [1.82, 2.24) is 0 Å². The fourth-order valence-corrected chi connectivity index (χ4v) is 12.7. The lowest BCUT2D eigenvalue weighted by molar-refractivity contribution is 0.799. The summed E-state index contributed by atoms with van der Waals surface area (Å²) in [5.74, 6) is 5.10. The Balaban J connectivity index is 2.68. The zero-order valence-electron chi connectivity index (χ0n) is 8.41. The summed E-state index contributed by atoms with van der Waals surface area (Å²) in [6, 6.07) is 0. The van der Waals surface area contributed by atoms with Crippen LogP contribution >= 0.6 is 39.0 Å². The molecule has 0 aromatic carbocycles. The third kappa shape index (κ3) is 3.64. The third-order valence-electron chi connectivity index (χ3n) is 1.80. The molecule has 0 N–H and O–H groups in total. The molecule has 0 saturated carbocycles. The Hall–Kier alpha value is 1.70. The van der Waals surface area contributed by atoms with Crippen LogP contribution in [0.2, 0.25) is 0 Å². The van der Waals surface area contributed by atoms with Gasteiger partial charge < -0.3 is 0 Å². The maximum absolute atomic E-state index is 5.87. The molecule has 1 saturated heterocycles. The van der Waals surface area contributed by atoms with Crippen molar-refractivity contribution >= 4 is 50.8 Å². The second-order valence-electron chi connectivity index (χ2n) is 3.95. The summed E-state index contributed by atoms with van der Waals surface area (Å²) in [7, 11) is 0. The van der Waals surface area contributed by atoms with Gasteiger partial charge in [-0.25, -0.2) is 0 Å². The van der Waals surface area contributed by atoms with E-state index in [9.17, 15) is 0 Å². The van der Waals surface area contributed by atoms with E-state index in [1.165, 1.54) is 23.0 Å². The normalized spacial score (nSPS) is 24.8. The third-order valence-corrected chi connectivity index (χ3v) is 18.3. The average Bonchev–Trinajstić information content (AvgIpc) is 1.94.